The minimum absolute atomic E-state index is 0.127. The van der Waals surface area contributed by atoms with E-state index in [1.807, 2.05) is 24.3 Å². The maximum atomic E-state index is 13.1. The summed E-state index contributed by atoms with van der Waals surface area (Å²) in [6.45, 7) is 3.50. The van der Waals surface area contributed by atoms with Gasteiger partial charge in [-0.2, -0.15) is 0 Å². The van der Waals surface area contributed by atoms with Crippen molar-refractivity contribution in [3.8, 4) is 0 Å². The van der Waals surface area contributed by atoms with Crippen LogP contribution in [0.5, 0.6) is 0 Å². The predicted octanol–water partition coefficient (Wildman–Crippen LogP) is 4.68. The van der Waals surface area contributed by atoms with Crippen molar-refractivity contribution in [3.05, 3.63) is 71.7 Å². The number of fused-ring (bicyclic) bond motifs is 1. The van der Waals surface area contributed by atoms with Gasteiger partial charge in [0, 0.05) is 36.6 Å². The number of nitrogens with zero attached hydrogens (tertiary/aromatic N) is 1. The first kappa shape index (κ1) is 18.2. The fraction of sp³-hybridized carbons (Fsp3) is 0.318. The van der Waals surface area contributed by atoms with Gasteiger partial charge in [0.1, 0.15) is 5.82 Å². The third kappa shape index (κ3) is 4.51. The molecular formula is C22H25FN2O. The second-order valence-corrected chi connectivity index (χ2v) is 6.63. The molecule has 3 rings (SSSR count). The van der Waals surface area contributed by atoms with Crippen LogP contribution in [0.15, 0.2) is 54.7 Å². The summed E-state index contributed by atoms with van der Waals surface area (Å²) in [6.07, 6.45) is 5.38. The van der Waals surface area contributed by atoms with Gasteiger partial charge in [0.2, 0.25) is 5.91 Å². The van der Waals surface area contributed by atoms with E-state index in [2.05, 4.69) is 35.1 Å². The summed E-state index contributed by atoms with van der Waals surface area (Å²) in [6, 6.07) is 14.9. The largest absolute Gasteiger partial charge is 0.356 e. The van der Waals surface area contributed by atoms with Gasteiger partial charge in [-0.05, 0) is 48.6 Å². The number of nitrogens with one attached hydrogen (secondary N) is 1. The van der Waals surface area contributed by atoms with E-state index in [0.29, 0.717) is 13.0 Å². The normalized spacial score (nSPS) is 11.0. The number of aryl methyl sites for hydroxylation is 1. The molecule has 0 fully saturated rings. The van der Waals surface area contributed by atoms with Crippen molar-refractivity contribution in [2.24, 2.45) is 0 Å². The van der Waals surface area contributed by atoms with Crippen molar-refractivity contribution in [1.29, 1.82) is 0 Å². The van der Waals surface area contributed by atoms with Crippen LogP contribution in [-0.2, 0) is 17.8 Å². The third-order valence-corrected chi connectivity index (χ3v) is 4.56. The molecule has 0 atom stereocenters. The molecule has 0 radical (unpaired) electrons. The Balaban J connectivity index is 1.72. The van der Waals surface area contributed by atoms with Crippen LogP contribution >= 0.6 is 0 Å². The Morgan fingerprint density at radius 1 is 1.12 bits per heavy atom. The number of carbonyl (C=O) groups excluding carboxylic acids is 1. The van der Waals surface area contributed by atoms with Crippen LogP contribution < -0.4 is 5.32 Å². The molecule has 136 valence electrons. The molecule has 0 aliphatic carbocycles. The number of hydrogen-bond acceptors (Lipinski definition) is 1. The average molecular weight is 352 g/mol. The van der Waals surface area contributed by atoms with Crippen LogP contribution in [0.1, 0.15) is 37.3 Å². The summed E-state index contributed by atoms with van der Waals surface area (Å²) in [5.41, 5.74) is 3.49. The molecule has 4 heteroatoms. The Kier molecular flexibility index (Phi) is 6.05. The first-order valence-electron chi connectivity index (χ1n) is 9.25. The van der Waals surface area contributed by atoms with Crippen LogP contribution in [0.3, 0.4) is 0 Å². The number of amides is 1. The fourth-order valence-corrected chi connectivity index (χ4v) is 3.23. The molecule has 1 heterocycles. The molecule has 1 N–H and O–H groups in total. The molecule has 0 saturated heterocycles. The van der Waals surface area contributed by atoms with Crippen LogP contribution in [0.2, 0.25) is 0 Å². The molecule has 3 nitrogen and oxygen atoms in total. The number of halogens is 1. The minimum Gasteiger partial charge on any atom is -0.356 e. The Labute approximate surface area is 153 Å². The quantitative estimate of drug-likeness (QED) is 0.628. The summed E-state index contributed by atoms with van der Waals surface area (Å²) in [4.78, 5) is 11.8. The summed E-state index contributed by atoms with van der Waals surface area (Å²) in [5, 5.41) is 4.15. The fourth-order valence-electron chi connectivity index (χ4n) is 3.23. The summed E-state index contributed by atoms with van der Waals surface area (Å²) >= 11 is 0. The SMILES string of the molecule is CCCNC(=O)CCCc1cn(Cc2ccc(F)cc2)c2ccccc12. The molecule has 26 heavy (non-hydrogen) atoms. The number of carbonyl (C=O) groups is 1. The van der Waals surface area contributed by atoms with Gasteiger partial charge in [0.25, 0.3) is 0 Å². The lowest BCUT2D eigenvalue weighted by atomic mass is 10.1. The van der Waals surface area contributed by atoms with Gasteiger partial charge >= 0.3 is 0 Å². The van der Waals surface area contributed by atoms with Crippen molar-refractivity contribution < 1.29 is 9.18 Å². The first-order chi connectivity index (χ1) is 12.7. The third-order valence-electron chi connectivity index (χ3n) is 4.56. The number of para-hydroxylation sites is 1. The lowest BCUT2D eigenvalue weighted by Crippen LogP contribution is -2.23. The molecule has 0 unspecified atom stereocenters. The average Bonchev–Trinajstić information content (AvgIpc) is 3.00. The highest BCUT2D eigenvalue weighted by atomic mass is 19.1. The minimum atomic E-state index is -0.215. The molecule has 0 aliphatic rings. The topological polar surface area (TPSA) is 34.0 Å². The second-order valence-electron chi connectivity index (χ2n) is 6.63. The molecule has 0 saturated carbocycles. The van der Waals surface area contributed by atoms with Gasteiger partial charge in [0.15, 0.2) is 0 Å². The van der Waals surface area contributed by atoms with Crippen LogP contribution in [0.25, 0.3) is 10.9 Å². The van der Waals surface area contributed by atoms with Crippen molar-refractivity contribution in [1.82, 2.24) is 9.88 Å². The molecule has 0 aliphatic heterocycles. The molecule has 0 bridgehead atoms. The van der Waals surface area contributed by atoms with E-state index in [9.17, 15) is 9.18 Å². The van der Waals surface area contributed by atoms with E-state index in [-0.39, 0.29) is 11.7 Å². The van der Waals surface area contributed by atoms with Gasteiger partial charge in [-0.3, -0.25) is 4.79 Å². The smallest absolute Gasteiger partial charge is 0.220 e. The highest BCUT2D eigenvalue weighted by molar-refractivity contribution is 5.84. The van der Waals surface area contributed by atoms with Gasteiger partial charge < -0.3 is 9.88 Å². The van der Waals surface area contributed by atoms with E-state index in [1.54, 1.807) is 0 Å². The standard InChI is InChI=1S/C22H25FN2O/c1-2-14-24-22(26)9-5-6-18-16-25(21-8-4-3-7-20(18)21)15-17-10-12-19(23)13-11-17/h3-4,7-8,10-13,16H,2,5-6,9,14-15H2,1H3,(H,24,26). The van der Waals surface area contributed by atoms with Crippen molar-refractivity contribution in [2.45, 2.75) is 39.2 Å². The van der Waals surface area contributed by atoms with Gasteiger partial charge in [-0.1, -0.05) is 37.3 Å². The number of aromatic nitrogens is 1. The van der Waals surface area contributed by atoms with E-state index in [0.717, 1.165) is 31.4 Å². The molecule has 2 aromatic carbocycles. The molecule has 1 amide bonds. The van der Waals surface area contributed by atoms with Gasteiger partial charge in [0.05, 0.1) is 0 Å². The van der Waals surface area contributed by atoms with Crippen LogP contribution in [0.4, 0.5) is 4.39 Å². The lowest BCUT2D eigenvalue weighted by molar-refractivity contribution is -0.121. The summed E-state index contributed by atoms with van der Waals surface area (Å²) in [5.74, 6) is -0.0879. The summed E-state index contributed by atoms with van der Waals surface area (Å²) < 4.78 is 15.3. The molecule has 3 aromatic rings. The van der Waals surface area contributed by atoms with Crippen molar-refractivity contribution >= 4 is 16.8 Å². The Hall–Kier alpha value is -2.62. The molecular weight excluding hydrogens is 327 g/mol. The van der Waals surface area contributed by atoms with Crippen LogP contribution in [0, 0.1) is 5.82 Å². The highest BCUT2D eigenvalue weighted by Gasteiger charge is 2.09. The van der Waals surface area contributed by atoms with Crippen LogP contribution in [-0.4, -0.2) is 17.0 Å². The maximum Gasteiger partial charge on any atom is 0.220 e. The number of benzene rings is 2. The van der Waals surface area contributed by atoms with E-state index < -0.39 is 0 Å². The number of rotatable bonds is 8. The monoisotopic (exact) mass is 352 g/mol. The zero-order valence-electron chi connectivity index (χ0n) is 15.2. The molecule has 1 aromatic heterocycles. The van der Waals surface area contributed by atoms with E-state index in [4.69, 9.17) is 0 Å². The Bertz CT molecular complexity index is 867. The van der Waals surface area contributed by atoms with Crippen molar-refractivity contribution in [3.63, 3.8) is 0 Å². The maximum absolute atomic E-state index is 13.1. The van der Waals surface area contributed by atoms with Gasteiger partial charge in [-0.15, -0.1) is 0 Å². The Morgan fingerprint density at radius 2 is 1.88 bits per heavy atom. The lowest BCUT2D eigenvalue weighted by Gasteiger charge is -2.05. The van der Waals surface area contributed by atoms with E-state index >= 15 is 0 Å². The zero-order valence-corrected chi connectivity index (χ0v) is 15.2. The highest BCUT2D eigenvalue weighted by Crippen LogP contribution is 2.24. The Morgan fingerprint density at radius 3 is 2.65 bits per heavy atom. The second kappa shape index (κ2) is 8.65. The predicted molar refractivity (Wildman–Crippen MR) is 104 cm³/mol. The van der Waals surface area contributed by atoms with E-state index in [1.165, 1.54) is 28.6 Å². The summed E-state index contributed by atoms with van der Waals surface area (Å²) in [7, 11) is 0. The van der Waals surface area contributed by atoms with Crippen molar-refractivity contribution in [2.75, 3.05) is 6.54 Å². The van der Waals surface area contributed by atoms with Gasteiger partial charge in [-0.25, -0.2) is 4.39 Å². The number of hydrogen-bond donors (Lipinski definition) is 1. The molecule has 0 spiro atoms. The first-order valence-corrected chi connectivity index (χ1v) is 9.25. The zero-order chi connectivity index (χ0) is 18.4.